The number of fused-ring (bicyclic) bond motifs is 3. The molecule has 0 aliphatic carbocycles. The van der Waals surface area contributed by atoms with Gasteiger partial charge >= 0.3 is 0 Å². The van der Waals surface area contributed by atoms with Crippen LogP contribution in [0.25, 0.3) is 16.7 Å². The number of amides is 1. The van der Waals surface area contributed by atoms with Gasteiger partial charge in [-0.3, -0.25) is 14.1 Å². The van der Waals surface area contributed by atoms with E-state index in [2.05, 4.69) is 15.2 Å². The Kier molecular flexibility index (Phi) is 3.93. The van der Waals surface area contributed by atoms with E-state index in [1.54, 1.807) is 11.0 Å². The maximum Gasteiger partial charge on any atom is 0.225 e. The third-order valence-corrected chi connectivity index (χ3v) is 3.97. The number of hydrogen-bond acceptors (Lipinski definition) is 4. The number of halogens is 1. The Morgan fingerprint density at radius 2 is 2.09 bits per heavy atom. The molecule has 7 heteroatoms. The van der Waals surface area contributed by atoms with Crippen molar-refractivity contribution in [1.29, 1.82) is 0 Å². The molecule has 0 N–H and O–H groups in total. The molecule has 0 atom stereocenters. The van der Waals surface area contributed by atoms with Crippen LogP contribution in [-0.4, -0.2) is 31.5 Å². The van der Waals surface area contributed by atoms with E-state index < -0.39 is 0 Å². The number of hydrogen-bond donors (Lipinski definition) is 0. The molecule has 1 amide bonds. The zero-order valence-corrected chi connectivity index (χ0v) is 14.3. The molecule has 6 nitrogen and oxygen atoms in total. The monoisotopic (exact) mass is 331 g/mol. The normalized spacial score (nSPS) is 11.6. The summed E-state index contributed by atoms with van der Waals surface area (Å²) in [6, 6.07) is 5.45. The van der Waals surface area contributed by atoms with E-state index in [1.807, 2.05) is 37.3 Å². The van der Waals surface area contributed by atoms with E-state index in [0.717, 1.165) is 16.9 Å². The van der Waals surface area contributed by atoms with Crippen molar-refractivity contribution in [1.82, 2.24) is 19.6 Å². The van der Waals surface area contributed by atoms with Crippen LogP contribution < -0.4 is 4.90 Å². The lowest BCUT2D eigenvalue weighted by atomic mass is 10.2. The molecule has 2 aromatic heterocycles. The van der Waals surface area contributed by atoms with E-state index >= 15 is 0 Å². The summed E-state index contributed by atoms with van der Waals surface area (Å²) in [7, 11) is 0. The summed E-state index contributed by atoms with van der Waals surface area (Å²) < 4.78 is 1.93. The third-order valence-electron chi connectivity index (χ3n) is 3.73. The predicted molar refractivity (Wildman–Crippen MR) is 91.0 cm³/mol. The van der Waals surface area contributed by atoms with Gasteiger partial charge < -0.3 is 0 Å². The first-order chi connectivity index (χ1) is 10.9. The SMILES string of the molecule is CCc1nnc2c(N(C(C)=O)C(C)C)nc3ccc(Cl)cc3n12. The highest BCUT2D eigenvalue weighted by atomic mass is 35.5. The number of carbonyl (C=O) groups excluding carboxylic acids is 1. The minimum Gasteiger partial charge on any atom is -0.291 e. The molecule has 0 aliphatic heterocycles. The molecule has 120 valence electrons. The van der Waals surface area contributed by atoms with Gasteiger partial charge in [-0.1, -0.05) is 18.5 Å². The first-order valence-corrected chi connectivity index (χ1v) is 7.95. The van der Waals surface area contributed by atoms with Gasteiger partial charge in [-0.25, -0.2) is 4.98 Å². The molecule has 0 saturated carbocycles. The highest BCUT2D eigenvalue weighted by molar-refractivity contribution is 6.31. The van der Waals surface area contributed by atoms with E-state index in [4.69, 9.17) is 11.6 Å². The van der Waals surface area contributed by atoms with Crippen LogP contribution in [0, 0.1) is 0 Å². The lowest BCUT2D eigenvalue weighted by Crippen LogP contribution is -2.36. The highest BCUT2D eigenvalue weighted by Crippen LogP contribution is 2.27. The maximum atomic E-state index is 12.1. The molecular formula is C16H18ClN5O. The van der Waals surface area contributed by atoms with Crippen molar-refractivity contribution >= 4 is 40.0 Å². The first-order valence-electron chi connectivity index (χ1n) is 7.57. The molecule has 3 rings (SSSR count). The number of carbonyl (C=O) groups is 1. The Hall–Kier alpha value is -2.21. The summed E-state index contributed by atoms with van der Waals surface area (Å²) in [5.41, 5.74) is 2.16. The van der Waals surface area contributed by atoms with Crippen LogP contribution in [0.3, 0.4) is 0 Å². The fourth-order valence-electron chi connectivity index (χ4n) is 2.80. The van der Waals surface area contributed by atoms with Crippen LogP contribution in [0.2, 0.25) is 5.02 Å². The van der Waals surface area contributed by atoms with Crippen molar-refractivity contribution in [3.8, 4) is 0 Å². The second kappa shape index (κ2) is 5.77. The van der Waals surface area contributed by atoms with Crippen LogP contribution in [0.15, 0.2) is 18.2 Å². The van der Waals surface area contributed by atoms with Gasteiger partial charge in [0.25, 0.3) is 0 Å². The van der Waals surface area contributed by atoms with Gasteiger partial charge in [-0.05, 0) is 32.0 Å². The Morgan fingerprint density at radius 1 is 1.35 bits per heavy atom. The molecule has 0 bridgehead atoms. The summed E-state index contributed by atoms with van der Waals surface area (Å²) in [5, 5.41) is 9.14. The predicted octanol–water partition coefficient (Wildman–Crippen LogP) is 3.25. The van der Waals surface area contributed by atoms with Crippen LogP contribution in [0.4, 0.5) is 5.82 Å². The van der Waals surface area contributed by atoms with Gasteiger partial charge in [0.1, 0.15) is 5.82 Å². The van der Waals surface area contributed by atoms with Crippen molar-refractivity contribution in [3.63, 3.8) is 0 Å². The molecule has 1 aromatic carbocycles. The molecular weight excluding hydrogens is 314 g/mol. The standard InChI is InChI=1S/C16H18ClN5O/c1-5-14-19-20-16-15(21(9(2)3)10(4)23)18-12-7-6-11(17)8-13(12)22(14)16/h6-9H,5H2,1-4H3. The minimum absolute atomic E-state index is 0.0321. The number of aromatic nitrogens is 4. The van der Waals surface area contributed by atoms with Gasteiger partial charge in [0.2, 0.25) is 11.6 Å². The summed E-state index contributed by atoms with van der Waals surface area (Å²) in [5.74, 6) is 1.25. The fourth-order valence-corrected chi connectivity index (χ4v) is 2.96. The molecule has 3 aromatic rings. The Labute approximate surface area is 139 Å². The molecule has 23 heavy (non-hydrogen) atoms. The van der Waals surface area contributed by atoms with E-state index in [9.17, 15) is 4.79 Å². The average molecular weight is 332 g/mol. The molecule has 0 unspecified atom stereocenters. The van der Waals surface area contributed by atoms with Crippen LogP contribution >= 0.6 is 11.6 Å². The van der Waals surface area contributed by atoms with E-state index in [1.165, 1.54) is 6.92 Å². The Morgan fingerprint density at radius 3 is 2.70 bits per heavy atom. The zero-order chi connectivity index (χ0) is 16.7. The van der Waals surface area contributed by atoms with Crippen molar-refractivity contribution in [2.75, 3.05) is 4.90 Å². The summed E-state index contributed by atoms with van der Waals surface area (Å²) in [4.78, 5) is 18.4. The van der Waals surface area contributed by atoms with Gasteiger partial charge in [0.05, 0.1) is 11.0 Å². The zero-order valence-electron chi connectivity index (χ0n) is 13.5. The second-order valence-electron chi connectivity index (χ2n) is 5.68. The highest BCUT2D eigenvalue weighted by Gasteiger charge is 2.23. The van der Waals surface area contributed by atoms with Crippen LogP contribution in [0.5, 0.6) is 0 Å². The number of benzene rings is 1. The molecule has 2 heterocycles. The first kappa shape index (κ1) is 15.7. The topological polar surface area (TPSA) is 63.4 Å². The number of nitrogens with zero attached hydrogens (tertiary/aromatic N) is 5. The molecule has 0 spiro atoms. The number of anilines is 1. The van der Waals surface area contributed by atoms with Gasteiger partial charge in [0, 0.05) is 24.4 Å². The van der Waals surface area contributed by atoms with Gasteiger partial charge in [0.15, 0.2) is 5.82 Å². The number of rotatable bonds is 3. The smallest absolute Gasteiger partial charge is 0.225 e. The lowest BCUT2D eigenvalue weighted by molar-refractivity contribution is -0.116. The third kappa shape index (κ3) is 2.53. The van der Waals surface area contributed by atoms with Crippen LogP contribution in [-0.2, 0) is 11.2 Å². The molecule has 0 aliphatic rings. The summed E-state index contributed by atoms with van der Waals surface area (Å²) in [6.45, 7) is 7.44. The van der Waals surface area contributed by atoms with E-state index in [0.29, 0.717) is 22.9 Å². The van der Waals surface area contributed by atoms with E-state index in [-0.39, 0.29) is 11.9 Å². The average Bonchev–Trinajstić information content (AvgIpc) is 2.91. The van der Waals surface area contributed by atoms with Gasteiger partial charge in [-0.15, -0.1) is 10.2 Å². The minimum atomic E-state index is -0.0799. The van der Waals surface area contributed by atoms with Crippen molar-refractivity contribution in [3.05, 3.63) is 29.0 Å². The Balaban J connectivity index is 2.45. The van der Waals surface area contributed by atoms with Crippen molar-refractivity contribution in [2.24, 2.45) is 0 Å². The quantitative estimate of drug-likeness (QED) is 0.739. The van der Waals surface area contributed by atoms with Crippen molar-refractivity contribution in [2.45, 2.75) is 40.2 Å². The van der Waals surface area contributed by atoms with Gasteiger partial charge in [-0.2, -0.15) is 0 Å². The second-order valence-corrected chi connectivity index (χ2v) is 6.12. The van der Waals surface area contributed by atoms with Crippen molar-refractivity contribution < 1.29 is 4.79 Å². The maximum absolute atomic E-state index is 12.1. The number of aryl methyl sites for hydroxylation is 1. The van der Waals surface area contributed by atoms with Crippen LogP contribution in [0.1, 0.15) is 33.5 Å². The fraction of sp³-hybridized carbons (Fsp3) is 0.375. The summed E-state index contributed by atoms with van der Waals surface area (Å²) >= 11 is 6.14. The Bertz CT molecular complexity index is 902. The molecule has 0 saturated heterocycles. The summed E-state index contributed by atoms with van der Waals surface area (Å²) in [6.07, 6.45) is 0.716. The molecule has 0 fully saturated rings. The largest absolute Gasteiger partial charge is 0.291 e. The lowest BCUT2D eigenvalue weighted by Gasteiger charge is -2.25. The molecule has 0 radical (unpaired) electrons.